The lowest BCUT2D eigenvalue weighted by molar-refractivity contribution is -0.234. The SMILES string of the molecule is CC(C)(Oc1ccc(C2CN(C(=O)CCCc3cn[nH]n3)C2)cc1)C(F)(F)F. The number of likely N-dealkylation sites (tertiary alicyclic amines) is 1. The first-order chi connectivity index (χ1) is 13.2. The van der Waals surface area contributed by atoms with Gasteiger partial charge in [-0.3, -0.25) is 4.79 Å². The predicted molar refractivity (Wildman–Crippen MR) is 95.8 cm³/mol. The molecule has 0 bridgehead atoms. The number of benzene rings is 1. The summed E-state index contributed by atoms with van der Waals surface area (Å²) in [6.07, 6.45) is -0.927. The Bertz CT molecular complexity index is 783. The molecule has 9 heteroatoms. The molecule has 3 rings (SSSR count). The number of hydrogen-bond donors (Lipinski definition) is 1. The number of H-pyrrole nitrogens is 1. The summed E-state index contributed by atoms with van der Waals surface area (Å²) < 4.78 is 43.8. The molecule has 1 aliphatic heterocycles. The fraction of sp³-hybridized carbons (Fsp3) is 0.526. The van der Waals surface area contributed by atoms with Gasteiger partial charge in [0.2, 0.25) is 5.91 Å². The van der Waals surface area contributed by atoms with Crippen LogP contribution in [-0.4, -0.2) is 51.1 Å². The maximum Gasteiger partial charge on any atom is 0.427 e. The van der Waals surface area contributed by atoms with Crippen LogP contribution in [0.2, 0.25) is 0 Å². The Kier molecular flexibility index (Phi) is 5.62. The normalized spacial score (nSPS) is 15.4. The number of halogens is 3. The van der Waals surface area contributed by atoms with Crippen LogP contribution < -0.4 is 4.74 Å². The Morgan fingerprint density at radius 2 is 1.93 bits per heavy atom. The molecule has 1 aromatic carbocycles. The van der Waals surface area contributed by atoms with E-state index in [9.17, 15) is 18.0 Å². The third kappa shape index (κ3) is 4.63. The van der Waals surface area contributed by atoms with Crippen LogP contribution in [0.1, 0.15) is 43.9 Å². The number of carbonyl (C=O) groups is 1. The van der Waals surface area contributed by atoms with E-state index >= 15 is 0 Å². The molecular weight excluding hydrogens is 373 g/mol. The van der Waals surface area contributed by atoms with E-state index in [-0.39, 0.29) is 17.6 Å². The molecule has 1 amide bonds. The highest BCUT2D eigenvalue weighted by molar-refractivity contribution is 5.77. The Labute approximate surface area is 161 Å². The van der Waals surface area contributed by atoms with Crippen molar-refractivity contribution in [1.29, 1.82) is 0 Å². The van der Waals surface area contributed by atoms with Crippen molar-refractivity contribution in [2.75, 3.05) is 13.1 Å². The van der Waals surface area contributed by atoms with E-state index in [0.717, 1.165) is 25.1 Å². The minimum atomic E-state index is -4.45. The van der Waals surface area contributed by atoms with Crippen LogP contribution in [0.25, 0.3) is 0 Å². The number of ether oxygens (including phenoxy) is 1. The summed E-state index contributed by atoms with van der Waals surface area (Å²) >= 11 is 0. The molecule has 0 spiro atoms. The Morgan fingerprint density at radius 1 is 1.25 bits per heavy atom. The molecule has 1 N–H and O–H groups in total. The third-order valence-electron chi connectivity index (χ3n) is 4.93. The van der Waals surface area contributed by atoms with Crippen molar-refractivity contribution in [2.24, 2.45) is 0 Å². The lowest BCUT2D eigenvalue weighted by Gasteiger charge is -2.40. The lowest BCUT2D eigenvalue weighted by atomic mass is 9.91. The van der Waals surface area contributed by atoms with Crippen LogP contribution >= 0.6 is 0 Å². The lowest BCUT2D eigenvalue weighted by Crippen LogP contribution is -2.48. The molecule has 1 aromatic heterocycles. The molecule has 2 aromatic rings. The molecule has 6 nitrogen and oxygen atoms in total. The second kappa shape index (κ2) is 7.81. The highest BCUT2D eigenvalue weighted by Crippen LogP contribution is 2.35. The second-order valence-corrected chi connectivity index (χ2v) is 7.49. The van der Waals surface area contributed by atoms with E-state index in [0.29, 0.717) is 32.4 Å². The van der Waals surface area contributed by atoms with Gasteiger partial charge in [0.1, 0.15) is 5.75 Å². The quantitative estimate of drug-likeness (QED) is 0.778. The van der Waals surface area contributed by atoms with Crippen LogP contribution in [-0.2, 0) is 11.2 Å². The molecule has 1 aliphatic rings. The highest BCUT2D eigenvalue weighted by atomic mass is 19.4. The minimum absolute atomic E-state index is 0.103. The number of hydrogen-bond acceptors (Lipinski definition) is 4. The van der Waals surface area contributed by atoms with Gasteiger partial charge in [-0.05, 0) is 44.4 Å². The largest absolute Gasteiger partial charge is 0.478 e. The van der Waals surface area contributed by atoms with Gasteiger partial charge in [0.25, 0.3) is 0 Å². The molecule has 0 aliphatic carbocycles. The average molecular weight is 396 g/mol. The van der Waals surface area contributed by atoms with Crippen molar-refractivity contribution in [3.8, 4) is 5.75 Å². The smallest absolute Gasteiger partial charge is 0.427 e. The zero-order valence-electron chi connectivity index (χ0n) is 15.8. The summed E-state index contributed by atoms with van der Waals surface area (Å²) in [4.78, 5) is 14.0. The van der Waals surface area contributed by atoms with Crippen LogP contribution in [0.3, 0.4) is 0 Å². The van der Waals surface area contributed by atoms with Crippen molar-refractivity contribution in [2.45, 2.75) is 50.8 Å². The third-order valence-corrected chi connectivity index (χ3v) is 4.93. The van der Waals surface area contributed by atoms with E-state index in [2.05, 4.69) is 15.4 Å². The van der Waals surface area contributed by atoms with Crippen molar-refractivity contribution >= 4 is 5.91 Å². The molecular formula is C19H23F3N4O2. The topological polar surface area (TPSA) is 71.1 Å². The molecule has 28 heavy (non-hydrogen) atoms. The Balaban J connectivity index is 1.44. The monoisotopic (exact) mass is 396 g/mol. The summed E-state index contributed by atoms with van der Waals surface area (Å²) in [5.41, 5.74) is -0.422. The number of rotatable bonds is 7. The minimum Gasteiger partial charge on any atom is -0.478 e. The fourth-order valence-electron chi connectivity index (χ4n) is 2.98. The molecule has 0 atom stereocenters. The number of carbonyl (C=O) groups excluding carboxylic acids is 1. The molecule has 0 radical (unpaired) electrons. The molecule has 0 saturated carbocycles. The van der Waals surface area contributed by atoms with Crippen LogP contribution in [0.15, 0.2) is 30.5 Å². The highest BCUT2D eigenvalue weighted by Gasteiger charge is 2.49. The van der Waals surface area contributed by atoms with Crippen LogP contribution in [0.5, 0.6) is 5.75 Å². The van der Waals surface area contributed by atoms with Gasteiger partial charge in [-0.2, -0.15) is 28.6 Å². The summed E-state index contributed by atoms with van der Waals surface area (Å²) in [5.74, 6) is 0.474. The number of nitrogens with one attached hydrogen (secondary N) is 1. The molecule has 1 fully saturated rings. The number of amides is 1. The van der Waals surface area contributed by atoms with Gasteiger partial charge in [-0.25, -0.2) is 0 Å². The second-order valence-electron chi connectivity index (χ2n) is 7.49. The molecule has 2 heterocycles. The van der Waals surface area contributed by atoms with E-state index < -0.39 is 11.8 Å². The zero-order valence-corrected chi connectivity index (χ0v) is 15.8. The summed E-state index contributed by atoms with van der Waals surface area (Å²) in [7, 11) is 0. The van der Waals surface area contributed by atoms with Gasteiger partial charge in [0, 0.05) is 25.4 Å². The molecule has 0 unspecified atom stereocenters. The molecule has 1 saturated heterocycles. The van der Waals surface area contributed by atoms with E-state index in [1.807, 2.05) is 0 Å². The Morgan fingerprint density at radius 3 is 2.50 bits per heavy atom. The van der Waals surface area contributed by atoms with E-state index in [1.165, 1.54) is 0 Å². The van der Waals surface area contributed by atoms with Gasteiger partial charge < -0.3 is 9.64 Å². The van der Waals surface area contributed by atoms with E-state index in [4.69, 9.17) is 4.74 Å². The van der Waals surface area contributed by atoms with Gasteiger partial charge in [-0.15, -0.1) is 0 Å². The number of aromatic amines is 1. The summed E-state index contributed by atoms with van der Waals surface area (Å²) in [5, 5.41) is 10.2. The number of aryl methyl sites for hydroxylation is 1. The maximum absolute atomic E-state index is 12.9. The van der Waals surface area contributed by atoms with Gasteiger partial charge in [-0.1, -0.05) is 12.1 Å². The first-order valence-electron chi connectivity index (χ1n) is 9.14. The fourth-order valence-corrected chi connectivity index (χ4v) is 2.98. The van der Waals surface area contributed by atoms with Crippen LogP contribution in [0, 0.1) is 0 Å². The standard InChI is InChI=1S/C19H23F3N4O2/c1-18(2,19(20,21)22)28-16-8-6-13(7-9-16)14-11-26(12-14)17(27)5-3-4-15-10-23-25-24-15/h6-10,14H,3-5,11-12H2,1-2H3,(H,23,24,25). The number of alkyl halides is 3. The predicted octanol–water partition coefficient (Wildman–Crippen LogP) is 3.47. The van der Waals surface area contributed by atoms with E-state index in [1.54, 1.807) is 35.4 Å². The number of nitrogens with zero attached hydrogens (tertiary/aromatic N) is 3. The number of aromatic nitrogens is 3. The van der Waals surface area contributed by atoms with Gasteiger partial charge in [0.05, 0.1) is 11.9 Å². The Hall–Kier alpha value is -2.58. The maximum atomic E-state index is 12.9. The van der Waals surface area contributed by atoms with Crippen molar-refractivity contribution in [3.05, 3.63) is 41.7 Å². The van der Waals surface area contributed by atoms with Crippen LogP contribution in [0.4, 0.5) is 13.2 Å². The molecule has 152 valence electrons. The van der Waals surface area contributed by atoms with Gasteiger partial charge >= 0.3 is 6.18 Å². The first kappa shape index (κ1) is 20.2. The van der Waals surface area contributed by atoms with Crippen molar-refractivity contribution in [1.82, 2.24) is 20.3 Å². The first-order valence-corrected chi connectivity index (χ1v) is 9.14. The zero-order chi connectivity index (χ0) is 20.4. The summed E-state index contributed by atoms with van der Waals surface area (Å²) in [6, 6.07) is 6.62. The average Bonchev–Trinajstić information content (AvgIpc) is 3.07. The van der Waals surface area contributed by atoms with Gasteiger partial charge in [0.15, 0.2) is 5.60 Å². The summed E-state index contributed by atoms with van der Waals surface area (Å²) in [6.45, 7) is 3.24. The van der Waals surface area contributed by atoms with Crippen molar-refractivity contribution in [3.63, 3.8) is 0 Å². The van der Waals surface area contributed by atoms with Crippen molar-refractivity contribution < 1.29 is 22.7 Å².